The zero-order valence-electron chi connectivity index (χ0n) is 11.0. The first-order valence-corrected chi connectivity index (χ1v) is 6.74. The second kappa shape index (κ2) is 5.89. The predicted octanol–water partition coefficient (Wildman–Crippen LogP) is 1.70. The summed E-state index contributed by atoms with van der Waals surface area (Å²) in [6, 6.07) is 0. The van der Waals surface area contributed by atoms with Gasteiger partial charge in [-0.1, -0.05) is 32.1 Å². The molecule has 1 saturated carbocycles. The number of nitrogens with one attached hydrogen (secondary N) is 1. The molecule has 0 spiro atoms. The lowest BCUT2D eigenvalue weighted by molar-refractivity contribution is 0.0942. The zero-order chi connectivity index (χ0) is 13.0. The van der Waals surface area contributed by atoms with Gasteiger partial charge in [0.2, 0.25) is 0 Å². The molecule has 2 rings (SSSR count). The summed E-state index contributed by atoms with van der Waals surface area (Å²) in [5.74, 6) is 0.659. The molecule has 0 saturated heterocycles. The summed E-state index contributed by atoms with van der Waals surface area (Å²) in [5.41, 5.74) is 6.61. The van der Waals surface area contributed by atoms with Crippen molar-refractivity contribution in [3.05, 3.63) is 11.9 Å². The van der Waals surface area contributed by atoms with Gasteiger partial charge in [0.25, 0.3) is 5.91 Å². The number of aromatic nitrogens is 2. The maximum atomic E-state index is 11.9. The fraction of sp³-hybridized carbons (Fsp3) is 0.692. The lowest BCUT2D eigenvalue weighted by Gasteiger charge is -2.21. The van der Waals surface area contributed by atoms with Crippen molar-refractivity contribution in [2.24, 2.45) is 13.0 Å². The lowest BCUT2D eigenvalue weighted by atomic mass is 9.87. The van der Waals surface area contributed by atoms with E-state index in [4.69, 9.17) is 5.73 Å². The van der Waals surface area contributed by atoms with E-state index in [0.29, 0.717) is 11.4 Å². The van der Waals surface area contributed by atoms with E-state index in [-0.39, 0.29) is 5.91 Å². The van der Waals surface area contributed by atoms with Crippen LogP contribution >= 0.6 is 0 Å². The van der Waals surface area contributed by atoms with Crippen molar-refractivity contribution >= 4 is 11.6 Å². The minimum absolute atomic E-state index is 0.122. The Morgan fingerprint density at radius 2 is 2.22 bits per heavy atom. The lowest BCUT2D eigenvalue weighted by Crippen LogP contribution is -2.28. The topological polar surface area (TPSA) is 72.9 Å². The van der Waals surface area contributed by atoms with E-state index in [0.717, 1.165) is 18.9 Å². The van der Waals surface area contributed by atoms with Crippen LogP contribution in [0.3, 0.4) is 0 Å². The van der Waals surface area contributed by atoms with Gasteiger partial charge in [-0.3, -0.25) is 9.48 Å². The van der Waals surface area contributed by atoms with Crippen molar-refractivity contribution in [3.8, 4) is 0 Å². The molecule has 1 fully saturated rings. The zero-order valence-corrected chi connectivity index (χ0v) is 11.0. The minimum atomic E-state index is -0.122. The summed E-state index contributed by atoms with van der Waals surface area (Å²) in [4.78, 5) is 11.9. The highest BCUT2D eigenvalue weighted by atomic mass is 16.2. The number of hydrogen-bond donors (Lipinski definition) is 2. The molecule has 1 heterocycles. The molecule has 5 heteroatoms. The Labute approximate surface area is 108 Å². The van der Waals surface area contributed by atoms with E-state index in [1.54, 1.807) is 7.05 Å². The molecule has 0 aliphatic heterocycles. The fourth-order valence-corrected chi connectivity index (χ4v) is 2.68. The number of carbonyl (C=O) groups is 1. The van der Waals surface area contributed by atoms with Crippen LogP contribution < -0.4 is 11.1 Å². The van der Waals surface area contributed by atoms with Crippen molar-refractivity contribution in [3.63, 3.8) is 0 Å². The van der Waals surface area contributed by atoms with Crippen molar-refractivity contribution in [2.45, 2.75) is 38.5 Å². The number of aryl methyl sites for hydroxylation is 1. The van der Waals surface area contributed by atoms with Crippen LogP contribution in [0.1, 0.15) is 49.0 Å². The van der Waals surface area contributed by atoms with Crippen molar-refractivity contribution in [1.29, 1.82) is 0 Å². The second-order valence-electron chi connectivity index (χ2n) is 5.12. The third kappa shape index (κ3) is 3.03. The van der Waals surface area contributed by atoms with Gasteiger partial charge in [0, 0.05) is 13.6 Å². The van der Waals surface area contributed by atoms with Gasteiger partial charge in [-0.25, -0.2) is 0 Å². The summed E-state index contributed by atoms with van der Waals surface area (Å²) in [6.45, 7) is 0.730. The van der Waals surface area contributed by atoms with Crippen LogP contribution in [-0.2, 0) is 7.05 Å². The number of hydrogen-bond acceptors (Lipinski definition) is 3. The molecule has 1 aromatic rings. The minimum Gasteiger partial charge on any atom is -0.396 e. The average Bonchev–Trinajstić information content (AvgIpc) is 2.70. The maximum absolute atomic E-state index is 11.9. The predicted molar refractivity (Wildman–Crippen MR) is 71.1 cm³/mol. The molecule has 1 aromatic heterocycles. The van der Waals surface area contributed by atoms with E-state index < -0.39 is 0 Å². The van der Waals surface area contributed by atoms with E-state index >= 15 is 0 Å². The van der Waals surface area contributed by atoms with Crippen LogP contribution in [0, 0.1) is 5.92 Å². The van der Waals surface area contributed by atoms with Crippen LogP contribution in [0.25, 0.3) is 0 Å². The molecule has 18 heavy (non-hydrogen) atoms. The first kappa shape index (κ1) is 12.9. The number of rotatable bonds is 4. The van der Waals surface area contributed by atoms with Gasteiger partial charge in [0.15, 0.2) is 0 Å². The molecule has 0 atom stereocenters. The summed E-state index contributed by atoms with van der Waals surface area (Å²) in [5, 5.41) is 6.90. The SMILES string of the molecule is Cn1ncc(N)c1C(=O)NCCC1CCCCC1. The molecular formula is C13H22N4O. The molecule has 0 aromatic carbocycles. The Morgan fingerprint density at radius 3 is 2.83 bits per heavy atom. The highest BCUT2D eigenvalue weighted by Gasteiger charge is 2.16. The van der Waals surface area contributed by atoms with E-state index in [1.807, 2.05) is 0 Å². The average molecular weight is 250 g/mol. The first-order valence-electron chi connectivity index (χ1n) is 6.74. The standard InChI is InChI=1S/C13H22N4O/c1-17-12(11(14)9-16-17)13(18)15-8-7-10-5-3-2-4-6-10/h9-10H,2-8,14H2,1H3,(H,15,18). The van der Waals surface area contributed by atoms with Crippen LogP contribution in [-0.4, -0.2) is 22.2 Å². The van der Waals surface area contributed by atoms with Crippen LogP contribution in [0.15, 0.2) is 6.20 Å². The van der Waals surface area contributed by atoms with Crippen LogP contribution in [0.4, 0.5) is 5.69 Å². The molecule has 100 valence electrons. The summed E-state index contributed by atoms with van der Waals surface area (Å²) < 4.78 is 1.52. The third-order valence-corrected chi connectivity index (χ3v) is 3.75. The van der Waals surface area contributed by atoms with Gasteiger partial charge < -0.3 is 11.1 Å². The molecule has 0 radical (unpaired) electrons. The highest BCUT2D eigenvalue weighted by Crippen LogP contribution is 2.25. The molecule has 1 aliphatic rings. The molecule has 5 nitrogen and oxygen atoms in total. The number of nitrogen functional groups attached to an aromatic ring is 1. The summed E-state index contributed by atoms with van der Waals surface area (Å²) in [6.07, 6.45) is 9.25. The van der Waals surface area contributed by atoms with E-state index in [1.165, 1.54) is 43.0 Å². The molecular weight excluding hydrogens is 228 g/mol. The highest BCUT2D eigenvalue weighted by molar-refractivity contribution is 5.97. The van der Waals surface area contributed by atoms with Gasteiger partial charge in [-0.15, -0.1) is 0 Å². The number of nitrogens with two attached hydrogens (primary N) is 1. The Kier molecular flexibility index (Phi) is 4.23. The normalized spacial score (nSPS) is 16.7. The van der Waals surface area contributed by atoms with Gasteiger partial charge in [-0.2, -0.15) is 5.10 Å². The van der Waals surface area contributed by atoms with Gasteiger partial charge >= 0.3 is 0 Å². The van der Waals surface area contributed by atoms with E-state index in [2.05, 4.69) is 10.4 Å². The summed E-state index contributed by atoms with van der Waals surface area (Å²) in [7, 11) is 1.73. The first-order chi connectivity index (χ1) is 8.68. The van der Waals surface area contributed by atoms with Crippen molar-refractivity contribution < 1.29 is 4.79 Å². The van der Waals surface area contributed by atoms with Crippen LogP contribution in [0.2, 0.25) is 0 Å². The largest absolute Gasteiger partial charge is 0.396 e. The molecule has 1 amide bonds. The maximum Gasteiger partial charge on any atom is 0.271 e. The number of amides is 1. The fourth-order valence-electron chi connectivity index (χ4n) is 2.68. The number of anilines is 1. The Morgan fingerprint density at radius 1 is 1.50 bits per heavy atom. The molecule has 0 bridgehead atoms. The van der Waals surface area contributed by atoms with Crippen LogP contribution in [0.5, 0.6) is 0 Å². The number of nitrogens with zero attached hydrogens (tertiary/aromatic N) is 2. The Hall–Kier alpha value is -1.52. The Balaban J connectivity index is 1.78. The summed E-state index contributed by atoms with van der Waals surface area (Å²) >= 11 is 0. The number of carbonyl (C=O) groups excluding carboxylic acids is 1. The van der Waals surface area contributed by atoms with Crippen molar-refractivity contribution in [1.82, 2.24) is 15.1 Å². The molecule has 3 N–H and O–H groups in total. The molecule has 1 aliphatic carbocycles. The molecule has 0 unspecified atom stereocenters. The van der Waals surface area contributed by atoms with Gasteiger partial charge in [0.1, 0.15) is 5.69 Å². The van der Waals surface area contributed by atoms with Gasteiger partial charge in [-0.05, 0) is 12.3 Å². The van der Waals surface area contributed by atoms with Gasteiger partial charge in [0.05, 0.1) is 11.9 Å². The smallest absolute Gasteiger partial charge is 0.271 e. The third-order valence-electron chi connectivity index (χ3n) is 3.75. The van der Waals surface area contributed by atoms with Crippen molar-refractivity contribution in [2.75, 3.05) is 12.3 Å². The van der Waals surface area contributed by atoms with E-state index in [9.17, 15) is 4.79 Å². The second-order valence-corrected chi connectivity index (χ2v) is 5.12. The quantitative estimate of drug-likeness (QED) is 0.854. The Bertz CT molecular complexity index is 388. The monoisotopic (exact) mass is 250 g/mol.